The first-order valence-electron chi connectivity index (χ1n) is 11.4. The van der Waals surface area contributed by atoms with Gasteiger partial charge in [-0.25, -0.2) is 0 Å². The van der Waals surface area contributed by atoms with E-state index in [0.29, 0.717) is 13.2 Å². The largest absolute Gasteiger partial charge is 0.489 e. The summed E-state index contributed by atoms with van der Waals surface area (Å²) in [4.78, 5) is 2.48. The van der Waals surface area contributed by atoms with Crippen molar-refractivity contribution >= 4 is 0 Å². The number of ether oxygens (including phenoxy) is 3. The van der Waals surface area contributed by atoms with Crippen LogP contribution in [-0.4, -0.2) is 36.8 Å². The molecule has 0 bridgehead atoms. The average molecular weight is 432 g/mol. The maximum Gasteiger partial charge on any atom is 0.119 e. The van der Waals surface area contributed by atoms with Crippen molar-refractivity contribution in [3.63, 3.8) is 0 Å². The maximum absolute atomic E-state index is 6.51. The lowest BCUT2D eigenvalue weighted by atomic mass is 9.89. The average Bonchev–Trinajstić information content (AvgIpc) is 2.84. The lowest BCUT2D eigenvalue weighted by Gasteiger charge is -2.43. The van der Waals surface area contributed by atoms with E-state index in [0.717, 1.165) is 32.1 Å². The van der Waals surface area contributed by atoms with Gasteiger partial charge in [-0.05, 0) is 42.7 Å². The van der Waals surface area contributed by atoms with Gasteiger partial charge in [0, 0.05) is 13.1 Å². The molecule has 1 saturated heterocycles. The van der Waals surface area contributed by atoms with Crippen molar-refractivity contribution in [2.75, 3.05) is 26.3 Å². The van der Waals surface area contributed by atoms with Gasteiger partial charge in [-0.3, -0.25) is 4.90 Å². The minimum Gasteiger partial charge on any atom is -0.489 e. The van der Waals surface area contributed by atoms with Crippen LogP contribution in [0.1, 0.15) is 36.6 Å². The van der Waals surface area contributed by atoms with Gasteiger partial charge in [0.15, 0.2) is 0 Å². The van der Waals surface area contributed by atoms with Crippen LogP contribution in [0.15, 0.2) is 84.9 Å². The van der Waals surface area contributed by atoms with Crippen molar-refractivity contribution in [2.45, 2.75) is 38.7 Å². The zero-order chi connectivity index (χ0) is 22.2. The first-order valence-corrected chi connectivity index (χ1v) is 11.4. The van der Waals surface area contributed by atoms with E-state index in [1.54, 1.807) is 0 Å². The van der Waals surface area contributed by atoms with Crippen molar-refractivity contribution in [2.24, 2.45) is 0 Å². The minimum atomic E-state index is -0.375. The number of hydrogen-bond acceptors (Lipinski definition) is 4. The van der Waals surface area contributed by atoms with Crippen molar-refractivity contribution in [1.29, 1.82) is 0 Å². The molecule has 4 nitrogen and oxygen atoms in total. The standard InChI is InChI=1S/C28H33NO3/c1-28(2,32-22-24-11-7-4-8-12-24)27(29-17-19-30-20-18-29)25-13-15-26(16-14-25)31-21-23-9-5-3-6-10-23/h3-16,27H,17-22H2,1-2H3. The molecule has 1 atom stereocenters. The molecule has 0 spiro atoms. The quantitative estimate of drug-likeness (QED) is 0.439. The molecule has 32 heavy (non-hydrogen) atoms. The molecule has 168 valence electrons. The van der Waals surface area contributed by atoms with Gasteiger partial charge in [-0.1, -0.05) is 72.8 Å². The zero-order valence-corrected chi connectivity index (χ0v) is 19.1. The number of nitrogens with zero attached hydrogens (tertiary/aromatic N) is 1. The Morgan fingerprint density at radius 1 is 0.781 bits per heavy atom. The van der Waals surface area contributed by atoms with Crippen LogP contribution in [0.4, 0.5) is 0 Å². The maximum atomic E-state index is 6.51. The highest BCUT2D eigenvalue weighted by Gasteiger charge is 2.37. The summed E-state index contributed by atoms with van der Waals surface area (Å²) in [6, 6.07) is 29.2. The third kappa shape index (κ3) is 5.98. The van der Waals surface area contributed by atoms with Gasteiger partial charge in [-0.2, -0.15) is 0 Å². The minimum absolute atomic E-state index is 0.123. The first-order chi connectivity index (χ1) is 15.6. The predicted octanol–water partition coefficient (Wildman–Crippen LogP) is 5.63. The Morgan fingerprint density at radius 3 is 1.94 bits per heavy atom. The van der Waals surface area contributed by atoms with Crippen LogP contribution in [-0.2, 0) is 22.7 Å². The summed E-state index contributed by atoms with van der Waals surface area (Å²) in [5, 5.41) is 0. The summed E-state index contributed by atoms with van der Waals surface area (Å²) < 4.78 is 18.1. The van der Waals surface area contributed by atoms with Crippen molar-refractivity contribution in [3.05, 3.63) is 102 Å². The van der Waals surface area contributed by atoms with Crippen LogP contribution in [0.5, 0.6) is 5.75 Å². The Hall–Kier alpha value is -2.66. The molecule has 1 aliphatic rings. The van der Waals surface area contributed by atoms with E-state index in [9.17, 15) is 0 Å². The van der Waals surface area contributed by atoms with Gasteiger partial charge in [0.25, 0.3) is 0 Å². The molecule has 1 heterocycles. The first kappa shape index (κ1) is 22.5. The molecule has 0 amide bonds. The van der Waals surface area contributed by atoms with Gasteiger partial charge in [0.05, 0.1) is 31.5 Å². The summed E-state index contributed by atoms with van der Waals surface area (Å²) in [5.41, 5.74) is 3.21. The molecule has 1 fully saturated rings. The fourth-order valence-electron chi connectivity index (χ4n) is 4.30. The van der Waals surface area contributed by atoms with Crippen LogP contribution in [0.25, 0.3) is 0 Å². The van der Waals surface area contributed by atoms with Crippen LogP contribution < -0.4 is 4.74 Å². The van der Waals surface area contributed by atoms with Gasteiger partial charge in [0.1, 0.15) is 12.4 Å². The van der Waals surface area contributed by atoms with Crippen molar-refractivity contribution in [1.82, 2.24) is 4.90 Å². The van der Waals surface area contributed by atoms with E-state index in [4.69, 9.17) is 14.2 Å². The van der Waals surface area contributed by atoms with Crippen LogP contribution in [0.3, 0.4) is 0 Å². The molecule has 0 saturated carbocycles. The molecule has 0 radical (unpaired) electrons. The molecular formula is C28H33NO3. The van der Waals surface area contributed by atoms with E-state index in [2.05, 4.69) is 79.4 Å². The van der Waals surface area contributed by atoms with Gasteiger partial charge < -0.3 is 14.2 Å². The fraction of sp³-hybridized carbons (Fsp3) is 0.357. The highest BCUT2D eigenvalue weighted by molar-refractivity contribution is 5.31. The Balaban J connectivity index is 1.49. The SMILES string of the molecule is CC(C)(OCc1ccccc1)C(c1ccc(OCc2ccccc2)cc1)N1CCOCC1. The van der Waals surface area contributed by atoms with Crippen molar-refractivity contribution in [3.8, 4) is 5.75 Å². The highest BCUT2D eigenvalue weighted by atomic mass is 16.5. The van der Waals surface area contributed by atoms with Crippen LogP contribution in [0, 0.1) is 0 Å². The molecule has 4 heteroatoms. The van der Waals surface area contributed by atoms with Crippen LogP contribution >= 0.6 is 0 Å². The summed E-state index contributed by atoms with van der Waals surface area (Å²) in [6.07, 6.45) is 0. The normalized spacial score (nSPS) is 15.9. The Kier molecular flexibility index (Phi) is 7.59. The van der Waals surface area contributed by atoms with E-state index >= 15 is 0 Å². The number of rotatable bonds is 9. The molecule has 3 aromatic carbocycles. The molecule has 1 unspecified atom stereocenters. The third-order valence-electron chi connectivity index (χ3n) is 5.97. The van der Waals surface area contributed by atoms with E-state index in [1.165, 1.54) is 16.7 Å². The zero-order valence-electron chi connectivity index (χ0n) is 19.1. The fourth-order valence-corrected chi connectivity index (χ4v) is 4.30. The monoisotopic (exact) mass is 431 g/mol. The lowest BCUT2D eigenvalue weighted by Crippen LogP contribution is -2.48. The molecule has 1 aliphatic heterocycles. The second kappa shape index (κ2) is 10.8. The van der Waals surface area contributed by atoms with E-state index < -0.39 is 0 Å². The molecule has 0 N–H and O–H groups in total. The second-order valence-corrected chi connectivity index (χ2v) is 8.77. The van der Waals surface area contributed by atoms with Crippen molar-refractivity contribution < 1.29 is 14.2 Å². The molecule has 0 aromatic heterocycles. The second-order valence-electron chi connectivity index (χ2n) is 8.77. The van der Waals surface area contributed by atoms with Gasteiger partial charge in [0.2, 0.25) is 0 Å². The molecular weight excluding hydrogens is 398 g/mol. The topological polar surface area (TPSA) is 30.9 Å². The summed E-state index contributed by atoms with van der Waals surface area (Å²) >= 11 is 0. The van der Waals surface area contributed by atoms with Crippen LogP contribution in [0.2, 0.25) is 0 Å². The smallest absolute Gasteiger partial charge is 0.119 e. The highest BCUT2D eigenvalue weighted by Crippen LogP contribution is 2.36. The summed E-state index contributed by atoms with van der Waals surface area (Å²) in [6.45, 7) is 8.84. The van der Waals surface area contributed by atoms with Gasteiger partial charge in [-0.15, -0.1) is 0 Å². The van der Waals surface area contributed by atoms with E-state index in [-0.39, 0.29) is 11.6 Å². The number of morpholine rings is 1. The number of benzene rings is 3. The lowest BCUT2D eigenvalue weighted by molar-refractivity contribution is -0.107. The third-order valence-corrected chi connectivity index (χ3v) is 5.97. The summed E-state index contributed by atoms with van der Waals surface area (Å²) in [5.74, 6) is 0.876. The Labute approximate surface area is 191 Å². The number of hydrogen-bond donors (Lipinski definition) is 0. The molecule has 4 rings (SSSR count). The predicted molar refractivity (Wildman–Crippen MR) is 128 cm³/mol. The van der Waals surface area contributed by atoms with Gasteiger partial charge >= 0.3 is 0 Å². The molecule has 3 aromatic rings. The van der Waals surface area contributed by atoms with E-state index in [1.807, 2.05) is 24.3 Å². The Bertz CT molecular complexity index is 935. The molecule has 0 aliphatic carbocycles. The summed E-state index contributed by atoms with van der Waals surface area (Å²) in [7, 11) is 0. The Morgan fingerprint density at radius 2 is 1.34 bits per heavy atom.